The average Bonchev–Trinajstić information content (AvgIpc) is 2.52. The van der Waals surface area contributed by atoms with Gasteiger partial charge in [-0.1, -0.05) is 0 Å². The maximum absolute atomic E-state index is 12.2. The van der Waals surface area contributed by atoms with Gasteiger partial charge >= 0.3 is 6.09 Å². The fraction of sp³-hybridized carbons (Fsp3) is 0.706. The number of amides is 1. The van der Waals surface area contributed by atoms with Crippen LogP contribution in [0.3, 0.4) is 0 Å². The lowest BCUT2D eigenvalue weighted by atomic mass is 9.99. The lowest BCUT2D eigenvalue weighted by Gasteiger charge is -2.33. The Bertz CT molecular complexity index is 545. The van der Waals surface area contributed by atoms with Crippen LogP contribution in [0.25, 0.3) is 0 Å². The highest BCUT2D eigenvalue weighted by atomic mass is 16.6. The van der Waals surface area contributed by atoms with Crippen molar-refractivity contribution in [2.75, 3.05) is 26.3 Å². The first kappa shape index (κ1) is 18.3. The summed E-state index contributed by atoms with van der Waals surface area (Å²) in [5.41, 5.74) is -0.475. The van der Waals surface area contributed by atoms with Gasteiger partial charge in [0.15, 0.2) is 0 Å². The number of rotatable bonds is 5. The van der Waals surface area contributed by atoms with Crippen molar-refractivity contribution >= 4 is 6.09 Å². The Morgan fingerprint density at radius 3 is 2.67 bits per heavy atom. The van der Waals surface area contributed by atoms with E-state index in [2.05, 4.69) is 9.97 Å². The van der Waals surface area contributed by atoms with Gasteiger partial charge in [0.25, 0.3) is 0 Å². The number of likely N-dealkylation sites (tertiary alicyclic amines) is 1. The van der Waals surface area contributed by atoms with E-state index in [1.807, 2.05) is 27.7 Å². The van der Waals surface area contributed by atoms with Crippen molar-refractivity contribution in [3.8, 4) is 11.8 Å². The average molecular weight is 337 g/mol. The number of hydrogen-bond donors (Lipinski definition) is 0. The second-order valence-electron chi connectivity index (χ2n) is 6.87. The number of carbonyl (C=O) groups is 1. The van der Waals surface area contributed by atoms with Gasteiger partial charge in [0.2, 0.25) is 11.8 Å². The zero-order valence-corrected chi connectivity index (χ0v) is 14.9. The Morgan fingerprint density at radius 2 is 2.00 bits per heavy atom. The molecule has 2 heterocycles. The molecule has 1 fully saturated rings. The quantitative estimate of drug-likeness (QED) is 0.822. The molecule has 1 aromatic heterocycles. The Kier molecular flexibility index (Phi) is 6.23. The van der Waals surface area contributed by atoms with Crippen LogP contribution >= 0.6 is 0 Å². The molecular weight excluding hydrogens is 310 g/mol. The van der Waals surface area contributed by atoms with Gasteiger partial charge < -0.3 is 19.1 Å². The summed E-state index contributed by atoms with van der Waals surface area (Å²) in [5, 5.41) is 0. The number of nitrogens with zero attached hydrogens (tertiary/aromatic N) is 3. The predicted octanol–water partition coefficient (Wildman–Crippen LogP) is 2.90. The SMILES string of the molecule is CCOc1cc(OC[C@@H]2CCCN(C(=O)OC(C)(C)C)C2)ncn1. The Morgan fingerprint density at radius 1 is 1.29 bits per heavy atom. The Balaban J connectivity index is 1.84. The van der Waals surface area contributed by atoms with Crippen LogP contribution in [0.1, 0.15) is 40.5 Å². The van der Waals surface area contributed by atoms with E-state index in [0.29, 0.717) is 31.5 Å². The van der Waals surface area contributed by atoms with Gasteiger partial charge in [-0.05, 0) is 40.5 Å². The molecule has 134 valence electrons. The van der Waals surface area contributed by atoms with Crippen LogP contribution in [0.15, 0.2) is 12.4 Å². The van der Waals surface area contributed by atoms with Gasteiger partial charge in [0.1, 0.15) is 11.9 Å². The molecule has 1 aliphatic heterocycles. The molecule has 1 atom stereocenters. The topological polar surface area (TPSA) is 73.8 Å². The van der Waals surface area contributed by atoms with Crippen LogP contribution in [0, 0.1) is 5.92 Å². The van der Waals surface area contributed by atoms with Crippen LogP contribution in [0.5, 0.6) is 11.8 Å². The molecule has 24 heavy (non-hydrogen) atoms. The third-order valence-electron chi connectivity index (χ3n) is 3.55. The van der Waals surface area contributed by atoms with Crippen LogP contribution in [0.2, 0.25) is 0 Å². The Labute approximate surface area is 143 Å². The van der Waals surface area contributed by atoms with E-state index in [0.717, 1.165) is 19.4 Å². The molecule has 1 aromatic rings. The molecule has 7 heteroatoms. The van der Waals surface area contributed by atoms with Crippen molar-refractivity contribution in [3.63, 3.8) is 0 Å². The van der Waals surface area contributed by atoms with E-state index in [4.69, 9.17) is 14.2 Å². The molecule has 0 saturated carbocycles. The summed E-state index contributed by atoms with van der Waals surface area (Å²) in [5.74, 6) is 1.25. The first-order valence-corrected chi connectivity index (χ1v) is 8.43. The fourth-order valence-electron chi connectivity index (χ4n) is 2.53. The third kappa shape index (κ3) is 5.86. The zero-order chi connectivity index (χ0) is 17.6. The molecule has 0 aromatic carbocycles. The minimum atomic E-state index is -0.475. The molecule has 1 amide bonds. The fourth-order valence-corrected chi connectivity index (χ4v) is 2.53. The molecule has 0 aliphatic carbocycles. The smallest absolute Gasteiger partial charge is 0.410 e. The third-order valence-corrected chi connectivity index (χ3v) is 3.55. The Hall–Kier alpha value is -2.05. The minimum Gasteiger partial charge on any atom is -0.478 e. The van der Waals surface area contributed by atoms with Crippen molar-refractivity contribution in [1.29, 1.82) is 0 Å². The van der Waals surface area contributed by atoms with E-state index in [1.165, 1.54) is 6.33 Å². The molecule has 1 aliphatic rings. The highest BCUT2D eigenvalue weighted by Gasteiger charge is 2.28. The van der Waals surface area contributed by atoms with Gasteiger partial charge in [-0.3, -0.25) is 0 Å². The van der Waals surface area contributed by atoms with Gasteiger partial charge in [-0.2, -0.15) is 0 Å². The molecule has 0 N–H and O–H groups in total. The first-order valence-electron chi connectivity index (χ1n) is 8.43. The van der Waals surface area contributed by atoms with E-state index in [-0.39, 0.29) is 12.0 Å². The number of ether oxygens (including phenoxy) is 3. The summed E-state index contributed by atoms with van der Waals surface area (Å²) in [6.07, 6.45) is 3.13. The van der Waals surface area contributed by atoms with Crippen molar-refractivity contribution in [2.45, 2.75) is 46.1 Å². The summed E-state index contributed by atoms with van der Waals surface area (Å²) in [6.45, 7) is 9.94. The largest absolute Gasteiger partial charge is 0.478 e. The zero-order valence-electron chi connectivity index (χ0n) is 14.9. The number of carbonyl (C=O) groups excluding carboxylic acids is 1. The lowest BCUT2D eigenvalue weighted by molar-refractivity contribution is 0.0138. The van der Waals surface area contributed by atoms with E-state index in [9.17, 15) is 4.79 Å². The van der Waals surface area contributed by atoms with Gasteiger partial charge in [0.05, 0.1) is 19.3 Å². The van der Waals surface area contributed by atoms with Gasteiger partial charge in [-0.15, -0.1) is 0 Å². The van der Waals surface area contributed by atoms with Crippen molar-refractivity contribution in [1.82, 2.24) is 14.9 Å². The molecule has 0 radical (unpaired) electrons. The molecule has 0 bridgehead atoms. The van der Waals surface area contributed by atoms with E-state index >= 15 is 0 Å². The maximum Gasteiger partial charge on any atom is 0.410 e. The number of aromatic nitrogens is 2. The lowest BCUT2D eigenvalue weighted by Crippen LogP contribution is -2.44. The summed E-state index contributed by atoms with van der Waals surface area (Å²) >= 11 is 0. The van der Waals surface area contributed by atoms with Gasteiger partial charge in [-0.25, -0.2) is 14.8 Å². The second kappa shape index (κ2) is 8.17. The normalized spacial score (nSPS) is 18.2. The number of hydrogen-bond acceptors (Lipinski definition) is 6. The van der Waals surface area contributed by atoms with Crippen LogP contribution in [-0.4, -0.2) is 52.9 Å². The van der Waals surface area contributed by atoms with E-state index in [1.54, 1.807) is 11.0 Å². The van der Waals surface area contributed by atoms with Crippen LogP contribution < -0.4 is 9.47 Å². The highest BCUT2D eigenvalue weighted by Crippen LogP contribution is 2.21. The van der Waals surface area contributed by atoms with Crippen LogP contribution in [0.4, 0.5) is 4.79 Å². The summed E-state index contributed by atoms with van der Waals surface area (Å²) in [6, 6.07) is 1.68. The molecule has 0 spiro atoms. The predicted molar refractivity (Wildman–Crippen MR) is 89.2 cm³/mol. The molecule has 0 unspecified atom stereocenters. The van der Waals surface area contributed by atoms with Gasteiger partial charge in [0, 0.05) is 19.0 Å². The minimum absolute atomic E-state index is 0.257. The highest BCUT2D eigenvalue weighted by molar-refractivity contribution is 5.68. The maximum atomic E-state index is 12.2. The first-order chi connectivity index (χ1) is 11.4. The monoisotopic (exact) mass is 337 g/mol. The molecular formula is C17H27N3O4. The van der Waals surface area contributed by atoms with Crippen molar-refractivity contribution in [3.05, 3.63) is 12.4 Å². The molecule has 2 rings (SSSR count). The second-order valence-corrected chi connectivity index (χ2v) is 6.87. The molecule has 7 nitrogen and oxygen atoms in total. The van der Waals surface area contributed by atoms with Crippen molar-refractivity contribution < 1.29 is 19.0 Å². The standard InChI is InChI=1S/C17H27N3O4/c1-5-22-14-9-15(19-12-18-14)23-11-13-7-6-8-20(10-13)16(21)24-17(2,3)4/h9,12-13H,5-8,10-11H2,1-4H3/t13-/m1/s1. The van der Waals surface area contributed by atoms with E-state index < -0.39 is 5.60 Å². The summed E-state index contributed by atoms with van der Waals surface area (Å²) in [7, 11) is 0. The number of piperidine rings is 1. The van der Waals surface area contributed by atoms with Crippen LogP contribution in [-0.2, 0) is 4.74 Å². The molecule has 1 saturated heterocycles. The summed E-state index contributed by atoms with van der Waals surface area (Å²) < 4.78 is 16.5. The summed E-state index contributed by atoms with van der Waals surface area (Å²) in [4.78, 5) is 22.0. The van der Waals surface area contributed by atoms with Crippen molar-refractivity contribution in [2.24, 2.45) is 5.92 Å².